The Morgan fingerprint density at radius 1 is 1.55 bits per heavy atom. The molecule has 11 heavy (non-hydrogen) atoms. The molecule has 1 aliphatic rings. The number of allylic oxidation sites excluding steroid dienone is 2. The quantitative estimate of drug-likeness (QED) is 0.609. The summed E-state index contributed by atoms with van der Waals surface area (Å²) in [5, 5.41) is 2.65. The van der Waals surface area contributed by atoms with Crippen LogP contribution in [0.4, 0.5) is 0 Å². The molecule has 1 heterocycles. The molecule has 61 valence electrons. The van der Waals surface area contributed by atoms with E-state index in [9.17, 15) is 8.42 Å². The van der Waals surface area contributed by atoms with Gasteiger partial charge in [-0.3, -0.25) is 0 Å². The molecule has 0 spiro atoms. The van der Waals surface area contributed by atoms with Crippen LogP contribution in [0.5, 0.6) is 0 Å². The molecular weight excluding hydrogens is 164 g/mol. The summed E-state index contributed by atoms with van der Waals surface area (Å²) in [5.41, 5.74) is 0.790. The summed E-state index contributed by atoms with van der Waals surface area (Å²) >= 11 is 0. The highest BCUT2D eigenvalue weighted by atomic mass is 32.2. The number of nitrogens with one attached hydrogen (secondary N) is 1. The lowest BCUT2D eigenvalue weighted by molar-refractivity contribution is 0.595. The predicted molar refractivity (Wildman–Crippen MR) is 43.5 cm³/mol. The Kier molecular flexibility index (Phi) is 1.99. The average molecular weight is 173 g/mol. The number of hydrogen-bond acceptors (Lipinski definition) is 4. The van der Waals surface area contributed by atoms with Crippen LogP contribution < -0.4 is 5.32 Å². The molecule has 0 saturated heterocycles. The second kappa shape index (κ2) is 2.65. The molecule has 4 nitrogen and oxygen atoms in total. The summed E-state index contributed by atoms with van der Waals surface area (Å²) in [4.78, 5) is 3.67. The van der Waals surface area contributed by atoms with Gasteiger partial charge in [-0.15, -0.1) is 0 Å². The fraction of sp³-hybridized carbons (Fsp3) is 0.333. The topological polar surface area (TPSA) is 58.5 Å². The third-order valence-corrected chi connectivity index (χ3v) is 2.08. The Labute approximate surface area is 65.9 Å². The maximum Gasteiger partial charge on any atom is 0.291 e. The van der Waals surface area contributed by atoms with E-state index in [1.165, 1.54) is 6.21 Å². The van der Waals surface area contributed by atoms with Crippen LogP contribution in [0.2, 0.25) is 0 Å². The molecule has 0 amide bonds. The van der Waals surface area contributed by atoms with Gasteiger partial charge in [-0.25, -0.2) is 13.4 Å². The summed E-state index contributed by atoms with van der Waals surface area (Å²) in [5.74, 6) is 0. The summed E-state index contributed by atoms with van der Waals surface area (Å²) in [6.07, 6.45) is 4.28. The first kappa shape index (κ1) is 8.26. The number of rotatable bonds is 1. The van der Waals surface area contributed by atoms with E-state index in [4.69, 9.17) is 0 Å². The smallest absolute Gasteiger partial charge is 0.291 e. The standard InChI is InChI=1S/C6H9N2O2S/c1-5-3-4-7-6(8-5)11(2,9)10/h3-4,8H,1-2H3. The SMILES string of the molecule is CC1=CC=N[C](S(C)(=O)=O)N1. The number of nitrogens with zero attached hydrogens (tertiary/aromatic N) is 1. The van der Waals surface area contributed by atoms with Crippen molar-refractivity contribution in [3.05, 3.63) is 17.3 Å². The van der Waals surface area contributed by atoms with Gasteiger partial charge in [0.15, 0.2) is 9.84 Å². The van der Waals surface area contributed by atoms with Gasteiger partial charge in [0.05, 0.1) is 0 Å². The molecule has 0 aromatic rings. The van der Waals surface area contributed by atoms with Crippen molar-refractivity contribution in [1.29, 1.82) is 0 Å². The minimum Gasteiger partial charge on any atom is -0.348 e. The van der Waals surface area contributed by atoms with E-state index in [2.05, 4.69) is 10.3 Å². The summed E-state index contributed by atoms with van der Waals surface area (Å²) in [7, 11) is -3.19. The highest BCUT2D eigenvalue weighted by molar-refractivity contribution is 7.93. The molecule has 0 bridgehead atoms. The van der Waals surface area contributed by atoms with Gasteiger partial charge in [0.1, 0.15) is 0 Å². The van der Waals surface area contributed by atoms with E-state index >= 15 is 0 Å². The monoisotopic (exact) mass is 173 g/mol. The van der Waals surface area contributed by atoms with Crippen LogP contribution in [-0.4, -0.2) is 20.9 Å². The molecule has 1 N–H and O–H groups in total. The minimum atomic E-state index is -3.19. The van der Waals surface area contributed by atoms with Crippen molar-refractivity contribution in [2.24, 2.45) is 4.99 Å². The minimum absolute atomic E-state index is 0.0116. The van der Waals surface area contributed by atoms with Crippen LogP contribution in [0.3, 0.4) is 0 Å². The predicted octanol–water partition coefficient (Wildman–Crippen LogP) is 0.0558. The van der Waals surface area contributed by atoms with Crippen molar-refractivity contribution in [1.82, 2.24) is 5.32 Å². The lowest BCUT2D eigenvalue weighted by Gasteiger charge is -2.14. The van der Waals surface area contributed by atoms with Crippen molar-refractivity contribution in [3.8, 4) is 0 Å². The molecule has 1 aliphatic heterocycles. The lowest BCUT2D eigenvalue weighted by Crippen LogP contribution is -2.27. The van der Waals surface area contributed by atoms with E-state index in [-0.39, 0.29) is 5.50 Å². The molecule has 1 radical (unpaired) electrons. The molecule has 0 aromatic carbocycles. The van der Waals surface area contributed by atoms with Crippen LogP contribution in [0, 0.1) is 5.50 Å². The van der Waals surface area contributed by atoms with Gasteiger partial charge >= 0.3 is 0 Å². The molecular formula is C6H9N2O2S. The average Bonchev–Trinajstić information content (AvgIpc) is 1.86. The summed E-state index contributed by atoms with van der Waals surface area (Å²) < 4.78 is 21.8. The second-order valence-corrected chi connectivity index (χ2v) is 4.26. The van der Waals surface area contributed by atoms with Gasteiger partial charge in [-0.1, -0.05) is 0 Å². The van der Waals surface area contributed by atoms with Crippen LogP contribution in [0.15, 0.2) is 16.8 Å². The number of sulfone groups is 1. The third-order valence-electron chi connectivity index (χ3n) is 1.17. The van der Waals surface area contributed by atoms with Gasteiger partial charge in [0.25, 0.3) is 5.50 Å². The van der Waals surface area contributed by atoms with Crippen LogP contribution in [0.1, 0.15) is 6.92 Å². The van der Waals surface area contributed by atoms with Crippen molar-refractivity contribution in [3.63, 3.8) is 0 Å². The van der Waals surface area contributed by atoms with Gasteiger partial charge in [-0.05, 0) is 13.0 Å². The lowest BCUT2D eigenvalue weighted by atomic mass is 10.4. The Morgan fingerprint density at radius 2 is 2.18 bits per heavy atom. The van der Waals surface area contributed by atoms with Gasteiger partial charge in [-0.2, -0.15) is 0 Å². The number of aliphatic imine (C=N–C) groups is 1. The maximum absolute atomic E-state index is 10.9. The maximum atomic E-state index is 10.9. The molecule has 0 atom stereocenters. The van der Waals surface area contributed by atoms with Gasteiger partial charge in [0.2, 0.25) is 0 Å². The molecule has 0 fully saturated rings. The van der Waals surface area contributed by atoms with Crippen LogP contribution >= 0.6 is 0 Å². The van der Waals surface area contributed by atoms with Crippen molar-refractivity contribution < 1.29 is 8.42 Å². The van der Waals surface area contributed by atoms with Gasteiger partial charge in [0, 0.05) is 18.2 Å². The van der Waals surface area contributed by atoms with Crippen LogP contribution in [-0.2, 0) is 9.84 Å². The zero-order valence-corrected chi connectivity index (χ0v) is 7.14. The Bertz CT molecular complexity index is 303. The molecule has 0 saturated carbocycles. The zero-order valence-electron chi connectivity index (χ0n) is 6.33. The second-order valence-electron chi connectivity index (χ2n) is 2.33. The van der Waals surface area contributed by atoms with E-state index in [0.717, 1.165) is 12.0 Å². The molecule has 0 aliphatic carbocycles. The van der Waals surface area contributed by atoms with Crippen molar-refractivity contribution in [2.45, 2.75) is 6.92 Å². The van der Waals surface area contributed by atoms with E-state index < -0.39 is 9.84 Å². The molecule has 5 heteroatoms. The molecule has 0 aromatic heterocycles. The summed E-state index contributed by atoms with van der Waals surface area (Å²) in [6, 6.07) is 0. The molecule has 1 rings (SSSR count). The fourth-order valence-corrected chi connectivity index (χ4v) is 1.25. The van der Waals surface area contributed by atoms with E-state index in [1.54, 1.807) is 13.0 Å². The van der Waals surface area contributed by atoms with Crippen LogP contribution in [0.25, 0.3) is 0 Å². The molecule has 0 unspecified atom stereocenters. The highest BCUT2D eigenvalue weighted by Gasteiger charge is 2.22. The van der Waals surface area contributed by atoms with Crippen molar-refractivity contribution in [2.75, 3.05) is 6.26 Å². The fourth-order valence-electron chi connectivity index (χ4n) is 0.648. The Hall–Kier alpha value is -0.840. The van der Waals surface area contributed by atoms with E-state index in [1.807, 2.05) is 0 Å². The third kappa shape index (κ3) is 2.04. The number of hydrogen-bond donors (Lipinski definition) is 1. The Morgan fingerprint density at radius 3 is 2.55 bits per heavy atom. The Balaban J connectivity index is 2.83. The summed E-state index contributed by atoms with van der Waals surface area (Å²) in [6.45, 7) is 1.77. The first-order valence-electron chi connectivity index (χ1n) is 3.05. The largest absolute Gasteiger partial charge is 0.348 e. The first-order chi connectivity index (χ1) is 5.00. The van der Waals surface area contributed by atoms with Crippen molar-refractivity contribution >= 4 is 16.1 Å². The normalized spacial score (nSPS) is 19.3. The van der Waals surface area contributed by atoms with Gasteiger partial charge < -0.3 is 5.32 Å². The van der Waals surface area contributed by atoms with E-state index in [0.29, 0.717) is 0 Å². The highest BCUT2D eigenvalue weighted by Crippen LogP contribution is 2.11. The zero-order chi connectivity index (χ0) is 8.48. The first-order valence-corrected chi connectivity index (χ1v) is 4.94.